The Morgan fingerprint density at radius 2 is 1.61 bits per heavy atom. The smallest absolute Gasteiger partial charge is 0.264 e. The van der Waals surface area contributed by atoms with Crippen LogP contribution in [-0.4, -0.2) is 44.3 Å². The second-order valence-electron chi connectivity index (χ2n) is 9.08. The normalized spacial score (nSPS) is 12.0. The third-order valence-corrected chi connectivity index (χ3v) is 8.26. The average Bonchev–Trinajstić information content (AvgIpc) is 2.89. The minimum absolute atomic E-state index is 0.0767. The molecule has 0 heterocycles. The Labute approximate surface area is 230 Å². The van der Waals surface area contributed by atoms with E-state index < -0.39 is 28.5 Å². The maximum Gasteiger partial charge on any atom is 0.264 e. The van der Waals surface area contributed by atoms with Crippen LogP contribution < -0.4 is 9.62 Å². The number of amides is 2. The van der Waals surface area contributed by atoms with Crippen molar-refractivity contribution in [3.8, 4) is 0 Å². The number of anilines is 1. The number of rotatable bonds is 11. The summed E-state index contributed by atoms with van der Waals surface area (Å²) in [6, 6.07) is 19.7. The molecule has 3 aromatic rings. The minimum atomic E-state index is -4.09. The van der Waals surface area contributed by atoms with Crippen molar-refractivity contribution in [1.29, 1.82) is 0 Å². The van der Waals surface area contributed by atoms with Gasteiger partial charge < -0.3 is 10.2 Å². The van der Waals surface area contributed by atoms with Crippen LogP contribution in [0.5, 0.6) is 0 Å². The van der Waals surface area contributed by atoms with Gasteiger partial charge in [-0.3, -0.25) is 13.9 Å². The Kier molecular flexibility index (Phi) is 9.94. The van der Waals surface area contributed by atoms with Gasteiger partial charge >= 0.3 is 0 Å². The molecule has 0 bridgehead atoms. The zero-order valence-electron chi connectivity index (χ0n) is 22.1. The van der Waals surface area contributed by atoms with Crippen molar-refractivity contribution < 1.29 is 18.0 Å². The van der Waals surface area contributed by atoms with E-state index in [-0.39, 0.29) is 17.3 Å². The van der Waals surface area contributed by atoms with Crippen LogP contribution in [0.3, 0.4) is 0 Å². The van der Waals surface area contributed by atoms with E-state index >= 15 is 0 Å². The molecule has 0 aromatic heterocycles. The molecule has 3 rings (SSSR count). The van der Waals surface area contributed by atoms with Gasteiger partial charge in [0, 0.05) is 18.1 Å². The maximum absolute atomic E-state index is 14.0. The molecule has 38 heavy (non-hydrogen) atoms. The first kappa shape index (κ1) is 29.2. The summed E-state index contributed by atoms with van der Waals surface area (Å²) in [6.45, 7) is 7.44. The highest BCUT2D eigenvalue weighted by atomic mass is 35.5. The largest absolute Gasteiger partial charge is 0.355 e. The van der Waals surface area contributed by atoms with Gasteiger partial charge in [0.1, 0.15) is 12.6 Å². The Morgan fingerprint density at radius 3 is 2.18 bits per heavy atom. The van der Waals surface area contributed by atoms with Crippen molar-refractivity contribution in [3.63, 3.8) is 0 Å². The van der Waals surface area contributed by atoms with E-state index in [1.165, 1.54) is 17.0 Å². The van der Waals surface area contributed by atoms with E-state index in [0.717, 1.165) is 21.0 Å². The molecule has 1 N–H and O–H groups in total. The summed E-state index contributed by atoms with van der Waals surface area (Å²) >= 11 is 6.05. The molecule has 0 aliphatic heterocycles. The monoisotopic (exact) mass is 555 g/mol. The van der Waals surface area contributed by atoms with Crippen LogP contribution in [0.25, 0.3) is 0 Å². The Bertz CT molecular complexity index is 1360. The van der Waals surface area contributed by atoms with Crippen LogP contribution in [0.15, 0.2) is 77.7 Å². The summed E-state index contributed by atoms with van der Waals surface area (Å²) in [7, 11) is -4.09. The first-order chi connectivity index (χ1) is 18.1. The maximum atomic E-state index is 14.0. The first-order valence-corrected chi connectivity index (χ1v) is 14.4. The molecule has 0 spiro atoms. The predicted molar refractivity (Wildman–Crippen MR) is 152 cm³/mol. The number of sulfonamides is 1. The minimum Gasteiger partial charge on any atom is -0.355 e. The Morgan fingerprint density at radius 1 is 0.947 bits per heavy atom. The van der Waals surface area contributed by atoms with Gasteiger partial charge in [0.05, 0.1) is 10.6 Å². The summed E-state index contributed by atoms with van der Waals surface area (Å²) in [5.41, 5.74) is 2.87. The van der Waals surface area contributed by atoms with Gasteiger partial charge in [0.25, 0.3) is 10.0 Å². The fourth-order valence-electron chi connectivity index (χ4n) is 4.32. The zero-order valence-corrected chi connectivity index (χ0v) is 23.7. The van der Waals surface area contributed by atoms with E-state index in [2.05, 4.69) is 5.32 Å². The molecular weight excluding hydrogens is 522 g/mol. The number of carbonyl (C=O) groups excluding carboxylic acids is 2. The molecule has 0 aliphatic carbocycles. The molecular formula is C29H34ClN3O4S. The Hall–Kier alpha value is -3.36. The molecule has 1 atom stereocenters. The zero-order chi connectivity index (χ0) is 27.9. The van der Waals surface area contributed by atoms with E-state index in [1.54, 1.807) is 48.5 Å². The van der Waals surface area contributed by atoms with E-state index in [0.29, 0.717) is 23.7 Å². The Balaban J connectivity index is 2.08. The molecule has 9 heteroatoms. The second kappa shape index (κ2) is 12.9. The average molecular weight is 556 g/mol. The topological polar surface area (TPSA) is 86.8 Å². The third kappa shape index (κ3) is 6.94. The standard InChI is InChI=1S/C29H34ClN3O4S/c1-5-26(29(35)31-6-2)32(19-23-13-15-24(30)16-14-23)28(34)20-33(27-17-12-21(3)18-22(27)4)38(36,37)25-10-8-7-9-11-25/h7-18,26H,5-6,19-20H2,1-4H3,(H,31,35)/t26-/m1/s1. The predicted octanol–water partition coefficient (Wildman–Crippen LogP) is 5.10. The van der Waals surface area contributed by atoms with Crippen molar-refractivity contribution in [2.24, 2.45) is 0 Å². The van der Waals surface area contributed by atoms with Crippen molar-refractivity contribution in [2.45, 2.75) is 51.6 Å². The highest BCUT2D eigenvalue weighted by Gasteiger charge is 2.34. The lowest BCUT2D eigenvalue weighted by molar-refractivity contribution is -0.140. The number of aryl methyl sites for hydroxylation is 2. The summed E-state index contributed by atoms with van der Waals surface area (Å²) in [5.74, 6) is -0.779. The summed E-state index contributed by atoms with van der Waals surface area (Å²) in [4.78, 5) is 28.5. The molecule has 3 aromatic carbocycles. The summed E-state index contributed by atoms with van der Waals surface area (Å²) < 4.78 is 28.9. The van der Waals surface area contributed by atoms with Crippen LogP contribution in [0.4, 0.5) is 5.69 Å². The number of nitrogens with zero attached hydrogens (tertiary/aromatic N) is 2. The number of carbonyl (C=O) groups is 2. The highest BCUT2D eigenvalue weighted by molar-refractivity contribution is 7.92. The van der Waals surface area contributed by atoms with Gasteiger partial charge in [0.15, 0.2) is 0 Å². The molecule has 0 radical (unpaired) electrons. The van der Waals surface area contributed by atoms with Crippen LogP contribution >= 0.6 is 11.6 Å². The molecule has 0 fully saturated rings. The SMILES string of the molecule is CCNC(=O)[C@@H](CC)N(Cc1ccc(Cl)cc1)C(=O)CN(c1ccc(C)cc1C)S(=O)(=O)c1ccccc1. The van der Waals surface area contributed by atoms with Gasteiger partial charge in [-0.15, -0.1) is 0 Å². The van der Waals surface area contributed by atoms with E-state index in [9.17, 15) is 18.0 Å². The molecule has 2 amide bonds. The molecule has 202 valence electrons. The van der Waals surface area contributed by atoms with Crippen molar-refractivity contribution in [2.75, 3.05) is 17.4 Å². The lowest BCUT2D eigenvalue weighted by Gasteiger charge is -2.33. The van der Waals surface area contributed by atoms with Gasteiger partial charge in [-0.25, -0.2) is 8.42 Å². The lowest BCUT2D eigenvalue weighted by atomic mass is 10.1. The number of nitrogens with one attached hydrogen (secondary N) is 1. The van der Waals surface area contributed by atoms with Crippen molar-refractivity contribution in [3.05, 3.63) is 94.5 Å². The van der Waals surface area contributed by atoms with Crippen LogP contribution in [0.1, 0.15) is 37.0 Å². The van der Waals surface area contributed by atoms with Crippen molar-refractivity contribution in [1.82, 2.24) is 10.2 Å². The van der Waals surface area contributed by atoms with Crippen LogP contribution in [0.2, 0.25) is 5.02 Å². The third-order valence-electron chi connectivity index (χ3n) is 6.23. The second-order valence-corrected chi connectivity index (χ2v) is 11.4. The molecule has 7 nitrogen and oxygen atoms in total. The molecule has 0 unspecified atom stereocenters. The number of hydrogen-bond donors (Lipinski definition) is 1. The van der Waals surface area contributed by atoms with Crippen LogP contribution in [0, 0.1) is 13.8 Å². The number of halogens is 1. The number of benzene rings is 3. The first-order valence-electron chi connectivity index (χ1n) is 12.5. The molecule has 0 aliphatic rings. The summed E-state index contributed by atoms with van der Waals surface area (Å²) in [6.07, 6.45) is 0.361. The van der Waals surface area contributed by atoms with Gasteiger partial charge in [-0.2, -0.15) is 0 Å². The van der Waals surface area contributed by atoms with E-state index in [4.69, 9.17) is 11.6 Å². The van der Waals surface area contributed by atoms with Gasteiger partial charge in [-0.05, 0) is 68.7 Å². The van der Waals surface area contributed by atoms with Gasteiger partial charge in [0.2, 0.25) is 11.8 Å². The van der Waals surface area contributed by atoms with Crippen LogP contribution in [-0.2, 0) is 26.2 Å². The van der Waals surface area contributed by atoms with E-state index in [1.807, 2.05) is 39.8 Å². The van der Waals surface area contributed by atoms with Crippen molar-refractivity contribution >= 4 is 39.1 Å². The van der Waals surface area contributed by atoms with Gasteiger partial charge in [-0.1, -0.05) is 66.6 Å². The quantitative estimate of drug-likeness (QED) is 0.357. The fraction of sp³-hybridized carbons (Fsp3) is 0.310. The molecule has 0 saturated heterocycles. The number of likely N-dealkylation sites (N-methyl/N-ethyl adjacent to an activating group) is 1. The molecule has 0 saturated carbocycles. The summed E-state index contributed by atoms with van der Waals surface area (Å²) in [5, 5.41) is 3.35. The highest BCUT2D eigenvalue weighted by Crippen LogP contribution is 2.28. The lowest BCUT2D eigenvalue weighted by Crippen LogP contribution is -2.52. The fourth-order valence-corrected chi connectivity index (χ4v) is 5.94. The number of hydrogen-bond acceptors (Lipinski definition) is 4.